The van der Waals surface area contributed by atoms with Crippen molar-refractivity contribution in [1.82, 2.24) is 5.32 Å². The van der Waals surface area contributed by atoms with Crippen LogP contribution in [0.3, 0.4) is 0 Å². The number of amides is 2. The first-order valence-corrected chi connectivity index (χ1v) is 6.71. The number of halogens is 1. The highest BCUT2D eigenvalue weighted by Crippen LogP contribution is 2.24. The van der Waals surface area contributed by atoms with E-state index in [0.717, 1.165) is 4.47 Å². The predicted molar refractivity (Wildman–Crippen MR) is 75.7 cm³/mol. The van der Waals surface area contributed by atoms with Gasteiger partial charge >= 0.3 is 0 Å². The Balaban J connectivity index is 2.33. The number of nitrogens with one attached hydrogen (secondary N) is 1. The van der Waals surface area contributed by atoms with Crippen molar-refractivity contribution in [2.45, 2.75) is 12.8 Å². The molecule has 0 saturated carbocycles. The van der Waals surface area contributed by atoms with Crippen LogP contribution in [0.4, 0.5) is 0 Å². The largest absolute Gasteiger partial charge is 0.330 e. The lowest BCUT2D eigenvalue weighted by Crippen LogP contribution is -2.46. The fourth-order valence-corrected chi connectivity index (χ4v) is 2.26. The molecule has 1 aliphatic rings. The van der Waals surface area contributed by atoms with Crippen molar-refractivity contribution >= 4 is 33.6 Å². The molecule has 100 valence electrons. The molecule has 1 heterocycles. The molecule has 1 aliphatic heterocycles. The first kappa shape index (κ1) is 13.9. The summed E-state index contributed by atoms with van der Waals surface area (Å²) in [7, 11) is 0. The van der Waals surface area contributed by atoms with E-state index in [1.54, 1.807) is 18.2 Å². The third-order valence-electron chi connectivity index (χ3n) is 2.99. The molecule has 0 aromatic heterocycles. The highest BCUT2D eigenvalue weighted by Gasteiger charge is 2.34. The molecule has 2 unspecified atom stereocenters. The van der Waals surface area contributed by atoms with Gasteiger partial charge in [-0.3, -0.25) is 9.59 Å². The van der Waals surface area contributed by atoms with E-state index in [0.29, 0.717) is 17.9 Å². The number of carbonyl (C=O) groups excluding carboxylic acids is 2. The van der Waals surface area contributed by atoms with Crippen molar-refractivity contribution in [3.8, 4) is 0 Å². The van der Waals surface area contributed by atoms with Gasteiger partial charge in [-0.1, -0.05) is 35.0 Å². The molecular formula is C13H14BrN3O2. The molecule has 2 atom stereocenters. The highest BCUT2D eigenvalue weighted by molar-refractivity contribution is 9.10. The van der Waals surface area contributed by atoms with Crippen LogP contribution >= 0.6 is 15.9 Å². The normalized spacial score (nSPS) is 20.8. The fourth-order valence-electron chi connectivity index (χ4n) is 1.85. The lowest BCUT2D eigenvalue weighted by Gasteiger charge is -2.23. The molecule has 2 amide bonds. The molecule has 0 bridgehead atoms. The summed E-state index contributed by atoms with van der Waals surface area (Å²) < 4.78 is 0.815. The minimum atomic E-state index is -0.883. The third kappa shape index (κ3) is 2.90. The van der Waals surface area contributed by atoms with Crippen molar-refractivity contribution in [1.29, 1.82) is 0 Å². The van der Waals surface area contributed by atoms with Crippen LogP contribution in [0.15, 0.2) is 33.7 Å². The molecule has 0 spiro atoms. The van der Waals surface area contributed by atoms with E-state index < -0.39 is 11.8 Å². The lowest BCUT2D eigenvalue weighted by atomic mass is 9.95. The molecular weight excluding hydrogens is 310 g/mol. The quantitative estimate of drug-likeness (QED) is 0.819. The second kappa shape index (κ2) is 5.63. The second-order valence-corrected chi connectivity index (χ2v) is 5.36. The number of aliphatic imine (C=N–C) groups is 1. The summed E-state index contributed by atoms with van der Waals surface area (Å²) in [4.78, 5) is 28.1. The van der Waals surface area contributed by atoms with Crippen LogP contribution in [0.25, 0.3) is 0 Å². The Labute approximate surface area is 119 Å². The van der Waals surface area contributed by atoms with Crippen LogP contribution in [0.1, 0.15) is 18.4 Å². The summed E-state index contributed by atoms with van der Waals surface area (Å²) >= 11 is 3.32. The number of nitrogens with zero attached hydrogens (tertiary/aromatic N) is 1. The second-order valence-electron chi connectivity index (χ2n) is 4.45. The van der Waals surface area contributed by atoms with Crippen LogP contribution in [0.5, 0.6) is 0 Å². The van der Waals surface area contributed by atoms with Gasteiger partial charge in [0.15, 0.2) is 0 Å². The number of nitrogens with two attached hydrogens (primary N) is 1. The maximum Gasteiger partial charge on any atom is 0.264 e. The Bertz CT molecular complexity index is 557. The molecule has 5 nitrogen and oxygen atoms in total. The van der Waals surface area contributed by atoms with Crippen molar-refractivity contribution < 1.29 is 9.59 Å². The van der Waals surface area contributed by atoms with Gasteiger partial charge in [0.05, 0.1) is 0 Å². The van der Waals surface area contributed by atoms with Gasteiger partial charge in [0, 0.05) is 16.9 Å². The van der Waals surface area contributed by atoms with E-state index in [9.17, 15) is 9.59 Å². The molecule has 19 heavy (non-hydrogen) atoms. The maximum atomic E-state index is 12.1. The van der Waals surface area contributed by atoms with E-state index in [2.05, 4.69) is 26.2 Å². The molecule has 0 saturated heterocycles. The van der Waals surface area contributed by atoms with Crippen LogP contribution in [0.2, 0.25) is 0 Å². The van der Waals surface area contributed by atoms with Gasteiger partial charge < -0.3 is 11.1 Å². The summed E-state index contributed by atoms with van der Waals surface area (Å²) in [6.07, 6.45) is 0. The molecule has 1 aromatic carbocycles. The van der Waals surface area contributed by atoms with Crippen LogP contribution in [0, 0.1) is 5.92 Å². The fraction of sp³-hybridized carbons (Fsp3) is 0.308. The van der Waals surface area contributed by atoms with E-state index in [1.807, 2.05) is 13.0 Å². The number of benzene rings is 1. The van der Waals surface area contributed by atoms with E-state index in [1.165, 1.54) is 0 Å². The summed E-state index contributed by atoms with van der Waals surface area (Å²) in [6.45, 7) is 2.14. The average Bonchev–Trinajstić information content (AvgIpc) is 2.37. The van der Waals surface area contributed by atoms with Crippen molar-refractivity contribution in [3.63, 3.8) is 0 Å². The van der Waals surface area contributed by atoms with E-state index in [4.69, 9.17) is 5.73 Å². The summed E-state index contributed by atoms with van der Waals surface area (Å²) in [5, 5.41) is 2.66. The Morgan fingerprint density at radius 2 is 2.21 bits per heavy atom. The monoisotopic (exact) mass is 323 g/mol. The number of rotatable bonds is 3. The number of carbonyl (C=O) groups is 2. The molecule has 1 aromatic rings. The minimum absolute atomic E-state index is 0.142. The summed E-state index contributed by atoms with van der Waals surface area (Å²) in [5.41, 5.74) is 6.13. The zero-order valence-electron chi connectivity index (χ0n) is 10.4. The van der Waals surface area contributed by atoms with Crippen LogP contribution in [-0.2, 0) is 9.59 Å². The minimum Gasteiger partial charge on any atom is -0.330 e. The van der Waals surface area contributed by atoms with Crippen molar-refractivity contribution in [2.75, 3.05) is 6.54 Å². The van der Waals surface area contributed by atoms with Crippen LogP contribution < -0.4 is 11.1 Å². The number of hydrogen-bond acceptors (Lipinski definition) is 3. The van der Waals surface area contributed by atoms with Crippen molar-refractivity contribution in [3.05, 3.63) is 34.3 Å². The van der Waals surface area contributed by atoms with Gasteiger partial charge in [-0.25, -0.2) is 0 Å². The van der Waals surface area contributed by atoms with E-state index >= 15 is 0 Å². The Morgan fingerprint density at radius 1 is 1.47 bits per heavy atom. The van der Waals surface area contributed by atoms with Gasteiger partial charge in [-0.15, -0.1) is 0 Å². The summed E-state index contributed by atoms with van der Waals surface area (Å²) in [5.74, 6) is -1.48. The van der Waals surface area contributed by atoms with Gasteiger partial charge in [-0.2, -0.15) is 4.99 Å². The number of amidine groups is 1. The zero-order chi connectivity index (χ0) is 14.0. The maximum absolute atomic E-state index is 12.1. The topological polar surface area (TPSA) is 84.5 Å². The molecule has 2 rings (SSSR count). The molecule has 0 fully saturated rings. The average molecular weight is 324 g/mol. The molecule has 3 N–H and O–H groups in total. The molecule has 0 aliphatic carbocycles. The Kier molecular flexibility index (Phi) is 4.11. The Morgan fingerprint density at radius 3 is 2.79 bits per heavy atom. The van der Waals surface area contributed by atoms with Crippen LogP contribution in [-0.4, -0.2) is 24.2 Å². The van der Waals surface area contributed by atoms with E-state index in [-0.39, 0.29) is 11.8 Å². The SMILES string of the molecule is CC(CN)C1=NC(=O)C(c2cccc(Br)c2)C(=O)N1. The first-order valence-electron chi connectivity index (χ1n) is 5.91. The zero-order valence-corrected chi connectivity index (χ0v) is 12.0. The lowest BCUT2D eigenvalue weighted by molar-refractivity contribution is -0.129. The molecule has 6 heteroatoms. The third-order valence-corrected chi connectivity index (χ3v) is 3.49. The van der Waals surface area contributed by atoms with Crippen molar-refractivity contribution in [2.24, 2.45) is 16.6 Å². The number of hydrogen-bond donors (Lipinski definition) is 2. The highest BCUT2D eigenvalue weighted by atomic mass is 79.9. The first-order chi connectivity index (χ1) is 9.02. The predicted octanol–water partition coefficient (Wildman–Crippen LogP) is 1.18. The van der Waals surface area contributed by atoms with Gasteiger partial charge in [0.2, 0.25) is 5.91 Å². The van der Waals surface area contributed by atoms with Gasteiger partial charge in [-0.05, 0) is 17.7 Å². The van der Waals surface area contributed by atoms with Gasteiger partial charge in [0.1, 0.15) is 11.8 Å². The summed E-state index contributed by atoms with van der Waals surface area (Å²) in [6, 6.07) is 7.09. The Hall–Kier alpha value is -1.53. The molecule has 0 radical (unpaired) electrons. The van der Waals surface area contributed by atoms with Gasteiger partial charge in [0.25, 0.3) is 5.91 Å². The smallest absolute Gasteiger partial charge is 0.264 e. The standard InChI is InChI=1S/C13H14BrN3O2/c1-7(6-15)11-16-12(18)10(13(19)17-11)8-3-2-4-9(14)5-8/h2-5,7,10H,6,15H2,1H3,(H,16,17,18,19).